The summed E-state index contributed by atoms with van der Waals surface area (Å²) in [5.41, 5.74) is 2.77. The van der Waals surface area contributed by atoms with Crippen molar-refractivity contribution in [2.75, 3.05) is 6.26 Å². The van der Waals surface area contributed by atoms with Crippen LogP contribution in [0.1, 0.15) is 57.8 Å². The third kappa shape index (κ3) is 4.56. The lowest BCUT2D eigenvalue weighted by molar-refractivity contribution is 0.406. The zero-order valence-electron chi connectivity index (χ0n) is 12.0. The molecule has 2 atom stereocenters. The number of thioether (sulfide) groups is 1. The molecule has 0 aromatic carbocycles. The monoisotopic (exact) mass is 284 g/mol. The van der Waals surface area contributed by atoms with Crippen LogP contribution in [0.15, 0.2) is 4.99 Å². The fourth-order valence-electron chi connectivity index (χ4n) is 3.22. The summed E-state index contributed by atoms with van der Waals surface area (Å²) < 4.78 is 0. The molecule has 0 amide bonds. The molecule has 0 saturated heterocycles. The number of aliphatic imine (C=N–C) groups is 1. The van der Waals surface area contributed by atoms with Crippen molar-refractivity contribution in [3.63, 3.8) is 0 Å². The molecule has 0 bridgehead atoms. The van der Waals surface area contributed by atoms with Crippen LogP contribution in [0.3, 0.4) is 0 Å². The third-order valence-electron chi connectivity index (χ3n) is 4.35. The smallest absolute Gasteiger partial charge is 0.206 e. The zero-order chi connectivity index (χ0) is 13.5. The van der Waals surface area contributed by atoms with Crippen molar-refractivity contribution >= 4 is 17.7 Å². The molecule has 110 valence electrons. The van der Waals surface area contributed by atoms with E-state index in [1.54, 1.807) is 0 Å². The summed E-state index contributed by atoms with van der Waals surface area (Å²) in [6.07, 6.45) is 13.8. The van der Waals surface area contributed by atoms with Crippen molar-refractivity contribution in [1.29, 1.82) is 0 Å². The zero-order valence-corrected chi connectivity index (χ0v) is 12.8. The first-order chi connectivity index (χ1) is 9.33. The minimum atomic E-state index is 0.422. The van der Waals surface area contributed by atoms with E-state index in [2.05, 4.69) is 17.0 Å². The van der Waals surface area contributed by atoms with Crippen LogP contribution in [-0.2, 0) is 0 Å². The maximum Gasteiger partial charge on any atom is 0.206 e. The number of guanidine groups is 1. The van der Waals surface area contributed by atoms with E-state index in [1.807, 2.05) is 11.8 Å². The molecule has 2 rings (SSSR count). The van der Waals surface area contributed by atoms with Gasteiger partial charge in [0.15, 0.2) is 0 Å². The Balaban J connectivity index is 1.92. The van der Waals surface area contributed by atoms with Gasteiger partial charge in [-0.05, 0) is 31.9 Å². The quantitative estimate of drug-likeness (QED) is 0.322. The van der Waals surface area contributed by atoms with Crippen molar-refractivity contribution in [1.82, 2.24) is 10.7 Å². The van der Waals surface area contributed by atoms with Gasteiger partial charge in [0.2, 0.25) is 5.96 Å². The number of hydrogen-bond donors (Lipinski definition) is 3. The number of nitrogens with two attached hydrogens (primary N) is 1. The van der Waals surface area contributed by atoms with Crippen LogP contribution in [0, 0.1) is 0 Å². The fourth-order valence-corrected chi connectivity index (χ4v) is 4.14. The Morgan fingerprint density at radius 1 is 1.05 bits per heavy atom. The lowest BCUT2D eigenvalue weighted by Gasteiger charge is -2.29. The van der Waals surface area contributed by atoms with Gasteiger partial charge in [-0.2, -0.15) is 11.8 Å². The number of nitrogens with one attached hydrogen (secondary N) is 2. The summed E-state index contributed by atoms with van der Waals surface area (Å²) in [4.78, 5) is 4.85. The van der Waals surface area contributed by atoms with Crippen LogP contribution >= 0.6 is 11.8 Å². The Hall–Kier alpha value is -0.420. The molecular weight excluding hydrogens is 256 g/mol. The van der Waals surface area contributed by atoms with Gasteiger partial charge in [0.1, 0.15) is 0 Å². The summed E-state index contributed by atoms with van der Waals surface area (Å²) in [7, 11) is 0. The topological polar surface area (TPSA) is 62.4 Å². The van der Waals surface area contributed by atoms with Gasteiger partial charge in [-0.3, -0.25) is 5.43 Å². The van der Waals surface area contributed by atoms with Crippen LogP contribution in [0.25, 0.3) is 0 Å². The van der Waals surface area contributed by atoms with E-state index >= 15 is 0 Å². The third-order valence-corrected chi connectivity index (χ3v) is 5.50. The molecule has 0 spiro atoms. The van der Waals surface area contributed by atoms with Crippen molar-refractivity contribution in [3.8, 4) is 0 Å². The molecule has 4 nitrogen and oxygen atoms in total. The van der Waals surface area contributed by atoms with Gasteiger partial charge < -0.3 is 5.32 Å². The summed E-state index contributed by atoms with van der Waals surface area (Å²) in [5.74, 6) is 6.45. The largest absolute Gasteiger partial charge is 0.353 e. The molecule has 2 aliphatic carbocycles. The van der Waals surface area contributed by atoms with Gasteiger partial charge in [-0.15, -0.1) is 0 Å². The van der Waals surface area contributed by atoms with Gasteiger partial charge >= 0.3 is 0 Å². The van der Waals surface area contributed by atoms with Gasteiger partial charge in [-0.1, -0.05) is 32.1 Å². The molecule has 5 heteroatoms. The second kappa shape index (κ2) is 8.00. The normalized spacial score (nSPS) is 30.1. The number of hydrogen-bond acceptors (Lipinski definition) is 3. The predicted octanol–water partition coefficient (Wildman–Crippen LogP) is 2.40. The fraction of sp³-hybridized carbons (Fsp3) is 0.929. The van der Waals surface area contributed by atoms with E-state index < -0.39 is 0 Å². The molecule has 0 aromatic rings. The summed E-state index contributed by atoms with van der Waals surface area (Å²) in [5, 5.41) is 4.16. The maximum absolute atomic E-state index is 5.64. The Morgan fingerprint density at radius 3 is 2.42 bits per heavy atom. The molecule has 0 aliphatic heterocycles. The van der Waals surface area contributed by atoms with Crippen LogP contribution < -0.4 is 16.6 Å². The van der Waals surface area contributed by atoms with Crippen molar-refractivity contribution in [2.24, 2.45) is 10.8 Å². The number of rotatable bonds is 3. The average Bonchev–Trinajstić information content (AvgIpc) is 2.48. The maximum atomic E-state index is 5.64. The average molecular weight is 284 g/mol. The molecule has 2 aliphatic rings. The van der Waals surface area contributed by atoms with Crippen molar-refractivity contribution in [2.45, 2.75) is 75.1 Å². The summed E-state index contributed by atoms with van der Waals surface area (Å²) in [6, 6.07) is 0.978. The Labute approximate surface area is 121 Å². The molecule has 2 unspecified atom stereocenters. The minimum absolute atomic E-state index is 0.422. The minimum Gasteiger partial charge on any atom is -0.353 e. The first kappa shape index (κ1) is 15.0. The molecule has 19 heavy (non-hydrogen) atoms. The first-order valence-corrected chi connectivity index (χ1v) is 8.96. The highest BCUT2D eigenvalue weighted by molar-refractivity contribution is 7.99. The lowest BCUT2D eigenvalue weighted by atomic mass is 9.95. The van der Waals surface area contributed by atoms with Gasteiger partial charge in [0, 0.05) is 11.3 Å². The van der Waals surface area contributed by atoms with E-state index in [9.17, 15) is 0 Å². The van der Waals surface area contributed by atoms with Crippen molar-refractivity contribution in [3.05, 3.63) is 0 Å². The molecule has 2 fully saturated rings. The number of nitrogens with zero attached hydrogens (tertiary/aromatic N) is 1. The highest BCUT2D eigenvalue weighted by Gasteiger charge is 2.24. The standard InChI is InChI=1S/C14H28N4S/c1-19-13-10-6-5-9-12(13)17-14(18-15)16-11-7-3-2-4-8-11/h11-13H,2-10,15H2,1H3,(H2,16,17,18). The Kier molecular flexibility index (Phi) is 6.31. The van der Waals surface area contributed by atoms with E-state index in [0.717, 1.165) is 5.96 Å². The van der Waals surface area contributed by atoms with E-state index in [1.165, 1.54) is 57.8 Å². The van der Waals surface area contributed by atoms with Crippen LogP contribution in [0.5, 0.6) is 0 Å². The second-order valence-corrected chi connectivity index (χ2v) is 6.80. The van der Waals surface area contributed by atoms with Crippen molar-refractivity contribution < 1.29 is 0 Å². The Bertz CT molecular complexity index is 289. The van der Waals surface area contributed by atoms with Gasteiger partial charge in [0.25, 0.3) is 0 Å². The Morgan fingerprint density at radius 2 is 1.74 bits per heavy atom. The van der Waals surface area contributed by atoms with Gasteiger partial charge in [0.05, 0.1) is 6.04 Å². The molecule has 0 aromatic heterocycles. The summed E-state index contributed by atoms with van der Waals surface area (Å²) in [6.45, 7) is 0. The molecular formula is C14H28N4S. The van der Waals surface area contributed by atoms with Crippen LogP contribution in [0.4, 0.5) is 0 Å². The molecule has 4 N–H and O–H groups in total. The SMILES string of the molecule is CSC1CCCCC1N=C(NN)NC1CCCCC1. The molecule has 0 heterocycles. The lowest BCUT2D eigenvalue weighted by Crippen LogP contribution is -2.48. The van der Waals surface area contributed by atoms with Crippen LogP contribution in [0.2, 0.25) is 0 Å². The molecule has 2 saturated carbocycles. The van der Waals surface area contributed by atoms with E-state index in [0.29, 0.717) is 17.3 Å². The summed E-state index contributed by atoms with van der Waals surface area (Å²) >= 11 is 1.95. The first-order valence-electron chi connectivity index (χ1n) is 7.67. The van der Waals surface area contributed by atoms with Crippen LogP contribution in [-0.4, -0.2) is 29.5 Å². The van der Waals surface area contributed by atoms with Gasteiger partial charge in [-0.25, -0.2) is 10.8 Å². The predicted molar refractivity (Wildman–Crippen MR) is 84.3 cm³/mol. The van der Waals surface area contributed by atoms with E-state index in [-0.39, 0.29) is 0 Å². The second-order valence-electron chi connectivity index (χ2n) is 5.73. The highest BCUT2D eigenvalue weighted by atomic mass is 32.2. The molecule has 0 radical (unpaired) electrons. The number of hydrazine groups is 1. The van der Waals surface area contributed by atoms with E-state index in [4.69, 9.17) is 10.8 Å². The highest BCUT2D eigenvalue weighted by Crippen LogP contribution is 2.29.